The molecule has 108 valence electrons. The third-order valence-electron chi connectivity index (χ3n) is 3.69. The SMILES string of the molecule is CC(OCCCC1CCNCC1)c1ccccn1.Cl. The van der Waals surface area contributed by atoms with Gasteiger partial charge in [0, 0.05) is 12.8 Å². The zero-order chi connectivity index (χ0) is 12.6. The number of aromatic nitrogens is 1. The summed E-state index contributed by atoms with van der Waals surface area (Å²) in [7, 11) is 0. The number of hydrogen-bond acceptors (Lipinski definition) is 3. The van der Waals surface area contributed by atoms with Crippen molar-refractivity contribution in [1.29, 1.82) is 0 Å². The molecule has 0 radical (unpaired) electrons. The zero-order valence-corrected chi connectivity index (χ0v) is 12.5. The first-order chi connectivity index (χ1) is 8.86. The third kappa shape index (κ3) is 5.89. The lowest BCUT2D eigenvalue weighted by molar-refractivity contribution is 0.0573. The Hall–Kier alpha value is -0.640. The van der Waals surface area contributed by atoms with Crippen LogP contribution in [0.3, 0.4) is 0 Å². The van der Waals surface area contributed by atoms with Crippen molar-refractivity contribution >= 4 is 12.4 Å². The fourth-order valence-corrected chi connectivity index (χ4v) is 2.50. The molecule has 3 nitrogen and oxygen atoms in total. The predicted octanol–water partition coefficient (Wildman–Crippen LogP) is 3.36. The van der Waals surface area contributed by atoms with Crippen molar-refractivity contribution in [3.05, 3.63) is 30.1 Å². The van der Waals surface area contributed by atoms with Crippen LogP contribution in [0.2, 0.25) is 0 Å². The Morgan fingerprint density at radius 3 is 2.84 bits per heavy atom. The van der Waals surface area contributed by atoms with Gasteiger partial charge in [0.15, 0.2) is 0 Å². The fourth-order valence-electron chi connectivity index (χ4n) is 2.50. The second kappa shape index (κ2) is 9.29. The predicted molar refractivity (Wildman–Crippen MR) is 80.7 cm³/mol. The molecule has 0 bridgehead atoms. The first kappa shape index (κ1) is 16.4. The molecule has 0 amide bonds. The molecule has 1 fully saturated rings. The summed E-state index contributed by atoms with van der Waals surface area (Å²) in [6.07, 6.45) is 7.06. The summed E-state index contributed by atoms with van der Waals surface area (Å²) in [6, 6.07) is 5.97. The molecule has 19 heavy (non-hydrogen) atoms. The molecule has 0 saturated carbocycles. The van der Waals surface area contributed by atoms with Crippen molar-refractivity contribution < 1.29 is 4.74 Å². The average molecular weight is 285 g/mol. The molecule has 1 aromatic heterocycles. The van der Waals surface area contributed by atoms with Gasteiger partial charge in [-0.15, -0.1) is 12.4 Å². The van der Waals surface area contributed by atoms with Crippen molar-refractivity contribution in [3.8, 4) is 0 Å². The highest BCUT2D eigenvalue weighted by molar-refractivity contribution is 5.85. The zero-order valence-electron chi connectivity index (χ0n) is 11.7. The molecule has 1 aliphatic heterocycles. The van der Waals surface area contributed by atoms with Gasteiger partial charge in [0.2, 0.25) is 0 Å². The summed E-state index contributed by atoms with van der Waals surface area (Å²) in [5, 5.41) is 3.41. The highest BCUT2D eigenvalue weighted by Gasteiger charge is 2.12. The average Bonchev–Trinajstić information content (AvgIpc) is 2.45. The number of hydrogen-bond donors (Lipinski definition) is 1. The molecule has 0 aliphatic carbocycles. The van der Waals surface area contributed by atoms with E-state index in [1.807, 2.05) is 24.4 Å². The molecule has 1 N–H and O–H groups in total. The molecule has 1 aromatic rings. The lowest BCUT2D eigenvalue weighted by atomic mass is 9.93. The molecule has 0 spiro atoms. The minimum absolute atomic E-state index is 0. The lowest BCUT2D eigenvalue weighted by Gasteiger charge is -2.22. The lowest BCUT2D eigenvalue weighted by Crippen LogP contribution is -2.27. The van der Waals surface area contributed by atoms with Gasteiger partial charge in [-0.2, -0.15) is 0 Å². The minimum Gasteiger partial charge on any atom is -0.372 e. The topological polar surface area (TPSA) is 34.1 Å². The van der Waals surface area contributed by atoms with E-state index in [0.29, 0.717) is 0 Å². The monoisotopic (exact) mass is 284 g/mol. The Morgan fingerprint density at radius 2 is 2.16 bits per heavy atom. The van der Waals surface area contributed by atoms with Crippen molar-refractivity contribution in [1.82, 2.24) is 10.3 Å². The van der Waals surface area contributed by atoms with Crippen molar-refractivity contribution in [2.75, 3.05) is 19.7 Å². The van der Waals surface area contributed by atoms with Gasteiger partial charge in [0.1, 0.15) is 0 Å². The molecule has 0 aromatic carbocycles. The minimum atomic E-state index is 0. The van der Waals surface area contributed by atoms with Gasteiger partial charge in [0.25, 0.3) is 0 Å². The van der Waals surface area contributed by atoms with Gasteiger partial charge < -0.3 is 10.1 Å². The van der Waals surface area contributed by atoms with Gasteiger partial charge in [-0.3, -0.25) is 4.98 Å². The Bertz CT molecular complexity index is 328. The molecular weight excluding hydrogens is 260 g/mol. The standard InChI is InChI=1S/C15H24N2O.ClH/c1-13(15-6-2-3-9-17-15)18-12-4-5-14-7-10-16-11-8-14;/h2-3,6,9,13-14,16H,4-5,7-8,10-12H2,1H3;1H. The molecule has 2 heterocycles. The van der Waals surface area contributed by atoms with Crippen molar-refractivity contribution in [2.45, 2.75) is 38.7 Å². The van der Waals surface area contributed by atoms with Crippen LogP contribution in [0.4, 0.5) is 0 Å². The summed E-state index contributed by atoms with van der Waals surface area (Å²) in [4.78, 5) is 4.31. The second-order valence-electron chi connectivity index (χ2n) is 5.10. The first-order valence-corrected chi connectivity index (χ1v) is 7.09. The van der Waals surface area contributed by atoms with Gasteiger partial charge >= 0.3 is 0 Å². The van der Waals surface area contributed by atoms with E-state index in [9.17, 15) is 0 Å². The highest BCUT2D eigenvalue weighted by Crippen LogP contribution is 2.19. The highest BCUT2D eigenvalue weighted by atomic mass is 35.5. The maximum atomic E-state index is 5.84. The van der Waals surface area contributed by atoms with Gasteiger partial charge in [-0.1, -0.05) is 6.07 Å². The van der Waals surface area contributed by atoms with E-state index < -0.39 is 0 Å². The largest absolute Gasteiger partial charge is 0.372 e. The number of piperidine rings is 1. The van der Waals surface area contributed by atoms with E-state index in [2.05, 4.69) is 17.2 Å². The summed E-state index contributed by atoms with van der Waals surface area (Å²) < 4.78 is 5.84. The summed E-state index contributed by atoms with van der Waals surface area (Å²) >= 11 is 0. The van der Waals surface area contributed by atoms with Crippen LogP contribution >= 0.6 is 12.4 Å². The molecule has 1 saturated heterocycles. The van der Waals surface area contributed by atoms with Crippen molar-refractivity contribution in [2.24, 2.45) is 5.92 Å². The number of halogens is 1. The van der Waals surface area contributed by atoms with Gasteiger partial charge in [-0.05, 0) is 63.7 Å². The number of rotatable bonds is 6. The van der Waals surface area contributed by atoms with Crippen LogP contribution in [0.5, 0.6) is 0 Å². The fraction of sp³-hybridized carbons (Fsp3) is 0.667. The van der Waals surface area contributed by atoms with E-state index in [4.69, 9.17) is 4.74 Å². The first-order valence-electron chi connectivity index (χ1n) is 7.09. The summed E-state index contributed by atoms with van der Waals surface area (Å²) in [6.45, 7) is 5.31. The van der Waals surface area contributed by atoms with E-state index in [0.717, 1.165) is 18.2 Å². The number of pyridine rings is 1. The number of ether oxygens (including phenoxy) is 1. The van der Waals surface area contributed by atoms with E-state index >= 15 is 0 Å². The van der Waals surface area contributed by atoms with Crippen molar-refractivity contribution in [3.63, 3.8) is 0 Å². The Morgan fingerprint density at radius 1 is 1.37 bits per heavy atom. The molecule has 1 unspecified atom stereocenters. The smallest absolute Gasteiger partial charge is 0.0966 e. The van der Waals surface area contributed by atoms with Crippen LogP contribution < -0.4 is 5.32 Å². The van der Waals surface area contributed by atoms with Gasteiger partial charge in [0.05, 0.1) is 11.8 Å². The number of nitrogens with one attached hydrogen (secondary N) is 1. The quantitative estimate of drug-likeness (QED) is 0.814. The maximum Gasteiger partial charge on any atom is 0.0966 e. The Kier molecular flexibility index (Phi) is 8.03. The normalized spacial score (nSPS) is 17.7. The number of nitrogens with zero attached hydrogens (tertiary/aromatic N) is 1. The molecule has 1 aliphatic rings. The van der Waals surface area contributed by atoms with E-state index in [1.54, 1.807) is 0 Å². The van der Waals surface area contributed by atoms with Gasteiger partial charge in [-0.25, -0.2) is 0 Å². The van der Waals surface area contributed by atoms with Crippen LogP contribution in [-0.2, 0) is 4.74 Å². The Labute approximate surface area is 122 Å². The van der Waals surface area contributed by atoms with Crippen LogP contribution in [0, 0.1) is 5.92 Å². The van der Waals surface area contributed by atoms with Crippen LogP contribution in [0.25, 0.3) is 0 Å². The molecule has 2 rings (SSSR count). The molecule has 4 heteroatoms. The second-order valence-corrected chi connectivity index (χ2v) is 5.10. The maximum absolute atomic E-state index is 5.84. The van der Waals surface area contributed by atoms with Crippen LogP contribution in [-0.4, -0.2) is 24.7 Å². The van der Waals surface area contributed by atoms with Crippen LogP contribution in [0.15, 0.2) is 24.4 Å². The third-order valence-corrected chi connectivity index (χ3v) is 3.69. The molecule has 1 atom stereocenters. The van der Waals surface area contributed by atoms with E-state index in [-0.39, 0.29) is 18.5 Å². The molecular formula is C15H25ClN2O. The van der Waals surface area contributed by atoms with Crippen LogP contribution in [0.1, 0.15) is 44.4 Å². The van der Waals surface area contributed by atoms with E-state index in [1.165, 1.54) is 38.8 Å². The Balaban J connectivity index is 0.00000180. The summed E-state index contributed by atoms with van der Waals surface area (Å²) in [5.41, 5.74) is 1.03. The summed E-state index contributed by atoms with van der Waals surface area (Å²) in [5.74, 6) is 0.903.